The molecule has 0 radical (unpaired) electrons. The van der Waals surface area contributed by atoms with Gasteiger partial charge in [-0.05, 0) is 29.9 Å². The number of nitrogens with zero attached hydrogens (tertiary/aromatic N) is 3. The molecule has 2 amide bonds. The molecular weight excluding hydrogens is 470 g/mol. The van der Waals surface area contributed by atoms with Crippen molar-refractivity contribution in [3.63, 3.8) is 0 Å². The van der Waals surface area contributed by atoms with Gasteiger partial charge in [-0.3, -0.25) is 14.5 Å². The van der Waals surface area contributed by atoms with Gasteiger partial charge in [0.2, 0.25) is 5.91 Å². The third-order valence-corrected chi connectivity index (χ3v) is 6.96. The molecule has 194 valence electrons. The Balaban J connectivity index is 1.51. The zero-order chi connectivity index (χ0) is 26.7. The molecule has 1 saturated heterocycles. The number of Topliss-reactive ketones (excluding diaryl/α,β-unsaturated/α-hetero) is 1. The van der Waals surface area contributed by atoms with Gasteiger partial charge in [0.15, 0.2) is 5.78 Å². The summed E-state index contributed by atoms with van der Waals surface area (Å²) in [5, 5.41) is 9.46. The standard InChI is InChI=1S/C28H33N5O4/c1-17(2)25(32(3)28(36)37)27(35)33-14-4-5-23(33)26-30-16-22(31-26)20-10-6-18(7-11-20)19-8-12-21(13-9-19)24(34)15-29/h6-13,16-17,23,25H,4-5,14-15,29H2,1-3H3,(H,30,31)(H,36,37)/t23-,25-/m0/s1. The SMILES string of the molecule is CC(C)[C@@H](C(=O)N1CCC[C@H]1c1nc(-c2ccc(-c3ccc(C(=O)CN)cc3)cc2)c[nH]1)N(C)C(=O)O. The maximum Gasteiger partial charge on any atom is 0.407 e. The summed E-state index contributed by atoms with van der Waals surface area (Å²) in [4.78, 5) is 47.6. The zero-order valence-electron chi connectivity index (χ0n) is 21.3. The Kier molecular flexibility index (Phi) is 7.73. The second kappa shape index (κ2) is 11.0. The lowest BCUT2D eigenvalue weighted by atomic mass is 10.0. The molecule has 9 nitrogen and oxygen atoms in total. The van der Waals surface area contributed by atoms with Crippen LogP contribution in [0.2, 0.25) is 0 Å². The molecule has 2 heterocycles. The summed E-state index contributed by atoms with van der Waals surface area (Å²) in [6, 6.07) is 14.4. The summed E-state index contributed by atoms with van der Waals surface area (Å²) in [6.45, 7) is 4.27. The van der Waals surface area contributed by atoms with Crippen molar-refractivity contribution >= 4 is 17.8 Å². The number of carbonyl (C=O) groups excluding carboxylic acids is 2. The van der Waals surface area contributed by atoms with Crippen LogP contribution >= 0.6 is 0 Å². The fourth-order valence-electron chi connectivity index (χ4n) is 4.96. The molecule has 0 unspecified atom stereocenters. The average molecular weight is 504 g/mol. The predicted molar refractivity (Wildman–Crippen MR) is 141 cm³/mol. The maximum atomic E-state index is 13.4. The number of likely N-dealkylation sites (tertiary alicyclic amines) is 1. The number of carboxylic acid groups (broad SMARTS) is 1. The van der Waals surface area contributed by atoms with Crippen LogP contribution in [-0.4, -0.2) is 68.8 Å². The van der Waals surface area contributed by atoms with Crippen molar-refractivity contribution in [2.24, 2.45) is 11.7 Å². The second-order valence-electron chi connectivity index (χ2n) is 9.72. The van der Waals surface area contributed by atoms with Crippen LogP contribution in [0.25, 0.3) is 22.4 Å². The Labute approximate surface area is 216 Å². The number of nitrogens with two attached hydrogens (primary N) is 1. The van der Waals surface area contributed by atoms with Gasteiger partial charge in [-0.15, -0.1) is 0 Å². The van der Waals surface area contributed by atoms with Gasteiger partial charge in [-0.1, -0.05) is 62.4 Å². The first-order valence-corrected chi connectivity index (χ1v) is 12.5. The fourth-order valence-corrected chi connectivity index (χ4v) is 4.96. The Morgan fingerprint density at radius 2 is 1.68 bits per heavy atom. The van der Waals surface area contributed by atoms with E-state index in [9.17, 15) is 19.5 Å². The molecule has 4 rings (SSSR count). The monoisotopic (exact) mass is 503 g/mol. The summed E-state index contributed by atoms with van der Waals surface area (Å²) < 4.78 is 0. The highest BCUT2D eigenvalue weighted by Crippen LogP contribution is 2.33. The van der Waals surface area contributed by atoms with Gasteiger partial charge in [-0.2, -0.15) is 0 Å². The highest BCUT2D eigenvalue weighted by Gasteiger charge is 2.39. The fraction of sp³-hybridized carbons (Fsp3) is 0.357. The molecule has 0 saturated carbocycles. The normalized spacial score (nSPS) is 16.1. The number of aromatic amines is 1. The number of benzene rings is 2. The van der Waals surface area contributed by atoms with E-state index < -0.39 is 12.1 Å². The number of aromatic nitrogens is 2. The third kappa shape index (κ3) is 5.41. The van der Waals surface area contributed by atoms with E-state index in [1.807, 2.05) is 56.4 Å². The molecule has 3 aromatic rings. The summed E-state index contributed by atoms with van der Waals surface area (Å²) in [5.74, 6) is 0.264. The van der Waals surface area contributed by atoms with E-state index in [2.05, 4.69) is 4.98 Å². The summed E-state index contributed by atoms with van der Waals surface area (Å²) in [5.41, 5.74) is 9.75. The Morgan fingerprint density at radius 3 is 2.24 bits per heavy atom. The number of H-pyrrole nitrogens is 1. The molecule has 1 aliphatic rings. The second-order valence-corrected chi connectivity index (χ2v) is 9.72. The van der Waals surface area contributed by atoms with Crippen LogP contribution in [0.3, 0.4) is 0 Å². The zero-order valence-corrected chi connectivity index (χ0v) is 21.3. The number of nitrogens with one attached hydrogen (secondary N) is 1. The number of likely N-dealkylation sites (N-methyl/N-ethyl adjacent to an activating group) is 1. The molecular formula is C28H33N5O4. The lowest BCUT2D eigenvalue weighted by molar-refractivity contribution is -0.138. The average Bonchev–Trinajstić information content (AvgIpc) is 3.58. The summed E-state index contributed by atoms with van der Waals surface area (Å²) >= 11 is 0. The molecule has 1 aliphatic heterocycles. The van der Waals surface area contributed by atoms with Crippen molar-refractivity contribution in [2.75, 3.05) is 20.1 Å². The predicted octanol–water partition coefficient (Wildman–Crippen LogP) is 4.18. The highest BCUT2D eigenvalue weighted by molar-refractivity contribution is 5.97. The minimum Gasteiger partial charge on any atom is -0.465 e. The van der Waals surface area contributed by atoms with Crippen molar-refractivity contribution in [2.45, 2.75) is 38.8 Å². The number of ketones is 1. The molecule has 0 aliphatic carbocycles. The highest BCUT2D eigenvalue weighted by atomic mass is 16.4. The first kappa shape index (κ1) is 26.1. The van der Waals surface area contributed by atoms with Crippen molar-refractivity contribution in [1.29, 1.82) is 0 Å². The summed E-state index contributed by atoms with van der Waals surface area (Å²) in [7, 11) is 1.44. The molecule has 37 heavy (non-hydrogen) atoms. The van der Waals surface area contributed by atoms with Gasteiger partial charge in [-0.25, -0.2) is 9.78 Å². The Hall–Kier alpha value is -3.98. The van der Waals surface area contributed by atoms with E-state index in [0.717, 1.165) is 40.1 Å². The number of carbonyl (C=O) groups is 3. The molecule has 2 atom stereocenters. The third-order valence-electron chi connectivity index (χ3n) is 6.96. The molecule has 0 bridgehead atoms. The van der Waals surface area contributed by atoms with E-state index >= 15 is 0 Å². The lowest BCUT2D eigenvalue weighted by Crippen LogP contribution is -2.51. The lowest BCUT2D eigenvalue weighted by Gasteiger charge is -2.33. The van der Waals surface area contributed by atoms with E-state index in [-0.39, 0.29) is 30.2 Å². The van der Waals surface area contributed by atoms with Crippen LogP contribution in [0.15, 0.2) is 54.7 Å². The van der Waals surface area contributed by atoms with Crippen LogP contribution in [0.5, 0.6) is 0 Å². The number of rotatable bonds is 8. The first-order chi connectivity index (χ1) is 17.7. The van der Waals surface area contributed by atoms with E-state index in [1.54, 1.807) is 17.0 Å². The van der Waals surface area contributed by atoms with Gasteiger partial charge < -0.3 is 20.7 Å². The Morgan fingerprint density at radius 1 is 1.08 bits per heavy atom. The quantitative estimate of drug-likeness (QED) is 0.395. The topological polar surface area (TPSA) is 133 Å². The Bertz CT molecular complexity index is 1270. The van der Waals surface area contributed by atoms with Gasteiger partial charge >= 0.3 is 6.09 Å². The van der Waals surface area contributed by atoms with E-state index in [4.69, 9.17) is 10.7 Å². The van der Waals surface area contributed by atoms with Crippen molar-refractivity contribution < 1.29 is 19.5 Å². The molecule has 0 spiro atoms. The molecule has 1 aromatic heterocycles. The van der Waals surface area contributed by atoms with E-state index in [0.29, 0.717) is 17.9 Å². The maximum absolute atomic E-state index is 13.4. The molecule has 2 aromatic carbocycles. The van der Waals surface area contributed by atoms with Crippen LogP contribution in [0.1, 0.15) is 48.9 Å². The minimum atomic E-state index is -1.12. The van der Waals surface area contributed by atoms with Gasteiger partial charge in [0.05, 0.1) is 18.3 Å². The number of hydrogen-bond donors (Lipinski definition) is 3. The molecule has 1 fully saturated rings. The number of amides is 2. The first-order valence-electron chi connectivity index (χ1n) is 12.5. The minimum absolute atomic E-state index is 0.00976. The summed E-state index contributed by atoms with van der Waals surface area (Å²) in [6.07, 6.45) is 2.31. The van der Waals surface area contributed by atoms with Crippen molar-refractivity contribution in [3.05, 3.63) is 66.1 Å². The van der Waals surface area contributed by atoms with Crippen molar-refractivity contribution in [3.8, 4) is 22.4 Å². The van der Waals surface area contributed by atoms with Crippen molar-refractivity contribution in [1.82, 2.24) is 19.8 Å². The van der Waals surface area contributed by atoms with Crippen LogP contribution in [0.4, 0.5) is 4.79 Å². The van der Waals surface area contributed by atoms with Gasteiger partial charge in [0.1, 0.15) is 11.9 Å². The van der Waals surface area contributed by atoms with E-state index in [1.165, 1.54) is 7.05 Å². The largest absolute Gasteiger partial charge is 0.465 e. The smallest absolute Gasteiger partial charge is 0.407 e. The molecule has 4 N–H and O–H groups in total. The van der Waals surface area contributed by atoms with Crippen LogP contribution in [-0.2, 0) is 4.79 Å². The number of hydrogen-bond acceptors (Lipinski definition) is 5. The van der Waals surface area contributed by atoms with Gasteiger partial charge in [0.25, 0.3) is 0 Å². The van der Waals surface area contributed by atoms with Crippen LogP contribution in [0, 0.1) is 5.92 Å². The molecule has 9 heteroatoms. The number of imidazole rings is 1. The van der Waals surface area contributed by atoms with Gasteiger partial charge in [0, 0.05) is 30.9 Å². The van der Waals surface area contributed by atoms with Crippen LogP contribution < -0.4 is 5.73 Å².